The number of fused-ring (bicyclic) bond motifs is 1. The Morgan fingerprint density at radius 2 is 2.07 bits per heavy atom. The number of imide groups is 1. The molecule has 4 amide bonds. The molecule has 8 heteroatoms. The normalized spacial score (nSPS) is 19.2. The molecule has 2 aromatic heterocycles. The van der Waals surface area contributed by atoms with Crippen LogP contribution in [0.25, 0.3) is 11.0 Å². The third kappa shape index (κ3) is 3.27. The molecule has 7 nitrogen and oxygen atoms in total. The Balaban J connectivity index is 1.43. The number of hydrogen-bond donors (Lipinski definition) is 2. The van der Waals surface area contributed by atoms with E-state index < -0.39 is 17.5 Å². The van der Waals surface area contributed by atoms with E-state index in [1.54, 1.807) is 30.4 Å². The highest BCUT2D eigenvalue weighted by Gasteiger charge is 2.51. The van der Waals surface area contributed by atoms with Gasteiger partial charge in [0.1, 0.15) is 17.9 Å². The number of furan rings is 1. The molecule has 0 spiro atoms. The maximum atomic E-state index is 12.9. The number of urea groups is 1. The molecule has 1 aromatic carbocycles. The summed E-state index contributed by atoms with van der Waals surface area (Å²) >= 11 is 1.62. The zero-order valence-corrected chi connectivity index (χ0v) is 16.0. The summed E-state index contributed by atoms with van der Waals surface area (Å²) in [6.45, 7) is 1.70. The lowest BCUT2D eigenvalue weighted by Gasteiger charge is -2.18. The average molecular weight is 397 g/mol. The van der Waals surface area contributed by atoms with E-state index in [2.05, 4.69) is 10.6 Å². The van der Waals surface area contributed by atoms with Crippen LogP contribution >= 0.6 is 11.3 Å². The van der Waals surface area contributed by atoms with Crippen molar-refractivity contribution in [1.29, 1.82) is 0 Å². The van der Waals surface area contributed by atoms with Crippen molar-refractivity contribution in [3.63, 3.8) is 0 Å². The second kappa shape index (κ2) is 7.12. The number of hydrogen-bond acceptors (Lipinski definition) is 5. The molecule has 1 atom stereocenters. The fraction of sp³-hybridized carbons (Fsp3) is 0.250. The Morgan fingerprint density at radius 1 is 1.25 bits per heavy atom. The fourth-order valence-corrected chi connectivity index (χ4v) is 3.92. The number of carbonyl (C=O) groups is 3. The lowest BCUT2D eigenvalue weighted by atomic mass is 9.99. The Hall–Kier alpha value is -3.13. The van der Waals surface area contributed by atoms with Crippen molar-refractivity contribution in [2.24, 2.45) is 0 Å². The first-order valence-electron chi connectivity index (χ1n) is 8.89. The van der Waals surface area contributed by atoms with Crippen molar-refractivity contribution >= 4 is 40.2 Å². The number of thiophene rings is 1. The van der Waals surface area contributed by atoms with Gasteiger partial charge in [0, 0.05) is 16.8 Å². The smallest absolute Gasteiger partial charge is 0.325 e. The summed E-state index contributed by atoms with van der Waals surface area (Å²) in [5, 5.41) is 8.22. The highest BCUT2D eigenvalue weighted by Crippen LogP contribution is 2.32. The topological polar surface area (TPSA) is 91.7 Å². The summed E-state index contributed by atoms with van der Waals surface area (Å²) < 4.78 is 5.77. The second-order valence-electron chi connectivity index (χ2n) is 6.77. The summed E-state index contributed by atoms with van der Waals surface area (Å²) in [6.07, 6.45) is 0.709. The second-order valence-corrected chi connectivity index (χ2v) is 7.81. The van der Waals surface area contributed by atoms with Gasteiger partial charge in [0.05, 0.1) is 0 Å². The first-order chi connectivity index (χ1) is 13.5. The van der Waals surface area contributed by atoms with E-state index in [9.17, 15) is 14.4 Å². The van der Waals surface area contributed by atoms with Crippen LogP contribution in [0.3, 0.4) is 0 Å². The van der Waals surface area contributed by atoms with Gasteiger partial charge in [-0.15, -0.1) is 11.3 Å². The van der Waals surface area contributed by atoms with Crippen molar-refractivity contribution in [2.45, 2.75) is 18.9 Å². The van der Waals surface area contributed by atoms with E-state index in [1.807, 2.05) is 35.7 Å². The lowest BCUT2D eigenvalue weighted by Crippen LogP contribution is -2.43. The molecule has 3 aromatic rings. The van der Waals surface area contributed by atoms with E-state index >= 15 is 0 Å². The van der Waals surface area contributed by atoms with Gasteiger partial charge in [-0.3, -0.25) is 14.5 Å². The molecule has 1 aliphatic heterocycles. The maximum Gasteiger partial charge on any atom is 0.325 e. The number of rotatable bonds is 6. The largest absolute Gasteiger partial charge is 0.458 e. The van der Waals surface area contributed by atoms with Gasteiger partial charge in [0.25, 0.3) is 5.91 Å². The van der Waals surface area contributed by atoms with Crippen molar-refractivity contribution in [3.05, 3.63) is 58.5 Å². The molecule has 0 unspecified atom stereocenters. The van der Waals surface area contributed by atoms with Crippen LogP contribution in [-0.2, 0) is 21.5 Å². The van der Waals surface area contributed by atoms with E-state index in [4.69, 9.17) is 4.42 Å². The van der Waals surface area contributed by atoms with Crippen molar-refractivity contribution in [1.82, 2.24) is 15.5 Å². The Morgan fingerprint density at radius 3 is 2.82 bits per heavy atom. The summed E-state index contributed by atoms with van der Waals surface area (Å²) in [6, 6.07) is 12.4. The van der Waals surface area contributed by atoms with Gasteiger partial charge in [0.15, 0.2) is 5.54 Å². The first kappa shape index (κ1) is 18.2. The van der Waals surface area contributed by atoms with Gasteiger partial charge in [-0.2, -0.15) is 0 Å². The summed E-state index contributed by atoms with van der Waals surface area (Å²) in [5.41, 5.74) is -0.710. The zero-order valence-electron chi connectivity index (χ0n) is 15.2. The fourth-order valence-electron chi connectivity index (χ4n) is 3.22. The van der Waals surface area contributed by atoms with Crippen molar-refractivity contribution in [3.8, 4) is 0 Å². The van der Waals surface area contributed by atoms with Crippen LogP contribution in [0.15, 0.2) is 52.3 Å². The van der Waals surface area contributed by atoms with Gasteiger partial charge < -0.3 is 15.1 Å². The van der Waals surface area contributed by atoms with E-state index in [0.717, 1.165) is 15.2 Å². The molecule has 1 saturated heterocycles. The molecule has 1 aliphatic rings. The quantitative estimate of drug-likeness (QED) is 0.626. The van der Waals surface area contributed by atoms with E-state index in [-0.39, 0.29) is 12.5 Å². The van der Waals surface area contributed by atoms with Gasteiger partial charge >= 0.3 is 6.03 Å². The SMILES string of the molecule is C[C@@]1(c2cc3ccccc3o2)NC(=O)N(CC(=O)NCCc2cccs2)C1=O. The molecule has 144 valence electrons. The molecule has 3 heterocycles. The Labute approximate surface area is 165 Å². The zero-order chi connectivity index (χ0) is 19.7. The number of carbonyl (C=O) groups excluding carboxylic acids is 3. The minimum atomic E-state index is -1.34. The first-order valence-corrected chi connectivity index (χ1v) is 9.77. The Kier molecular flexibility index (Phi) is 4.64. The number of para-hydroxylation sites is 1. The number of benzene rings is 1. The minimum Gasteiger partial charge on any atom is -0.458 e. The van der Waals surface area contributed by atoms with Gasteiger partial charge in [0.2, 0.25) is 5.91 Å². The van der Waals surface area contributed by atoms with Gasteiger partial charge in [-0.1, -0.05) is 24.3 Å². The van der Waals surface area contributed by atoms with E-state index in [1.165, 1.54) is 0 Å². The van der Waals surface area contributed by atoms with Gasteiger partial charge in [-0.05, 0) is 36.9 Å². The molecule has 1 fully saturated rings. The molecular weight excluding hydrogens is 378 g/mol. The summed E-state index contributed by atoms with van der Waals surface area (Å²) in [4.78, 5) is 39.6. The van der Waals surface area contributed by atoms with Crippen LogP contribution in [0.1, 0.15) is 17.6 Å². The van der Waals surface area contributed by atoms with Crippen LogP contribution in [-0.4, -0.2) is 35.8 Å². The standard InChI is InChI=1S/C20H19N3O4S/c1-20(16-11-13-5-2-3-7-15(13)27-16)18(25)23(19(26)22-20)12-17(24)21-9-8-14-6-4-10-28-14/h2-7,10-11H,8-9,12H2,1H3,(H,21,24)(H,22,26)/t20-/m0/s1. The van der Waals surface area contributed by atoms with Crippen LogP contribution in [0.4, 0.5) is 4.79 Å². The molecule has 0 radical (unpaired) electrons. The average Bonchev–Trinajstić information content (AvgIpc) is 3.38. The minimum absolute atomic E-state index is 0.328. The van der Waals surface area contributed by atoms with Crippen LogP contribution < -0.4 is 10.6 Å². The molecule has 0 bridgehead atoms. The van der Waals surface area contributed by atoms with Crippen LogP contribution in [0.5, 0.6) is 0 Å². The van der Waals surface area contributed by atoms with Crippen LogP contribution in [0, 0.1) is 0 Å². The molecule has 0 saturated carbocycles. The molecule has 28 heavy (non-hydrogen) atoms. The predicted octanol–water partition coefficient (Wildman–Crippen LogP) is 2.62. The third-order valence-electron chi connectivity index (χ3n) is 4.77. The maximum absolute atomic E-state index is 12.9. The van der Waals surface area contributed by atoms with Crippen molar-refractivity contribution < 1.29 is 18.8 Å². The van der Waals surface area contributed by atoms with Gasteiger partial charge in [-0.25, -0.2) is 4.79 Å². The highest BCUT2D eigenvalue weighted by molar-refractivity contribution is 7.09. The molecule has 0 aliphatic carbocycles. The van der Waals surface area contributed by atoms with E-state index in [0.29, 0.717) is 24.3 Å². The lowest BCUT2D eigenvalue weighted by molar-refractivity contribution is -0.135. The van der Waals surface area contributed by atoms with Crippen molar-refractivity contribution in [2.75, 3.05) is 13.1 Å². The number of nitrogens with one attached hydrogen (secondary N) is 2. The number of amides is 4. The Bertz CT molecular complexity index is 1010. The number of nitrogens with zero attached hydrogens (tertiary/aromatic N) is 1. The van der Waals surface area contributed by atoms with Crippen LogP contribution in [0.2, 0.25) is 0 Å². The highest BCUT2D eigenvalue weighted by atomic mass is 32.1. The molecule has 2 N–H and O–H groups in total. The molecular formula is C20H19N3O4S. The molecule has 4 rings (SSSR count). The predicted molar refractivity (Wildman–Crippen MR) is 105 cm³/mol. The summed E-state index contributed by atoms with van der Waals surface area (Å²) in [7, 11) is 0. The summed E-state index contributed by atoms with van der Waals surface area (Å²) in [5.74, 6) is -0.550. The monoisotopic (exact) mass is 397 g/mol. The third-order valence-corrected chi connectivity index (χ3v) is 5.70.